The molecule has 0 saturated carbocycles. The maximum atomic E-state index is 12.8. The maximum Gasteiger partial charge on any atom is 0.256 e. The van der Waals surface area contributed by atoms with Gasteiger partial charge in [-0.15, -0.1) is 4.40 Å². The molecule has 0 aliphatic carbocycles. The lowest BCUT2D eigenvalue weighted by Gasteiger charge is -2.32. The minimum Gasteiger partial charge on any atom is -0.336 e. The highest BCUT2D eigenvalue weighted by atomic mass is 32.2. The maximum absolute atomic E-state index is 12.8. The van der Waals surface area contributed by atoms with E-state index in [1.807, 2.05) is 4.90 Å². The van der Waals surface area contributed by atoms with E-state index in [1.165, 1.54) is 0 Å². The first kappa shape index (κ1) is 17.7. The summed E-state index contributed by atoms with van der Waals surface area (Å²) in [5.74, 6) is 0.362. The molecule has 2 aliphatic rings. The summed E-state index contributed by atoms with van der Waals surface area (Å²) < 4.78 is 26.8. The fourth-order valence-corrected chi connectivity index (χ4v) is 3.53. The summed E-state index contributed by atoms with van der Waals surface area (Å²) in [6.07, 6.45) is 7.91. The number of hydrogen-bond acceptors (Lipinski definition) is 4. The molecular formula is C16H25N3O3S. The molecule has 1 unspecified atom stereocenters. The van der Waals surface area contributed by atoms with Gasteiger partial charge in [0.05, 0.1) is 11.3 Å². The molecule has 0 saturated heterocycles. The average molecular weight is 339 g/mol. The van der Waals surface area contributed by atoms with Crippen LogP contribution in [0.1, 0.15) is 40.0 Å². The predicted molar refractivity (Wildman–Crippen MR) is 91.5 cm³/mol. The number of hydrogen-bond donors (Lipinski definition) is 0. The lowest BCUT2D eigenvalue weighted by Crippen LogP contribution is -2.42. The fourth-order valence-electron chi connectivity index (χ4n) is 2.56. The largest absolute Gasteiger partial charge is 0.336 e. The van der Waals surface area contributed by atoms with Crippen LogP contribution >= 0.6 is 0 Å². The van der Waals surface area contributed by atoms with Gasteiger partial charge in [-0.25, -0.2) is 8.42 Å². The zero-order valence-corrected chi connectivity index (χ0v) is 14.8. The number of rotatable bonds is 6. The first-order valence-corrected chi connectivity index (χ1v) is 9.79. The van der Waals surface area contributed by atoms with Crippen LogP contribution in [0.4, 0.5) is 0 Å². The van der Waals surface area contributed by atoms with E-state index in [0.29, 0.717) is 18.0 Å². The van der Waals surface area contributed by atoms with Crippen LogP contribution in [0.5, 0.6) is 0 Å². The van der Waals surface area contributed by atoms with Crippen LogP contribution in [-0.4, -0.2) is 54.8 Å². The second-order valence-electron chi connectivity index (χ2n) is 5.96. The number of amidine groups is 1. The van der Waals surface area contributed by atoms with Crippen molar-refractivity contribution in [3.05, 3.63) is 23.9 Å². The standard InChI is InChI=1S/C16H25N3O3S/c1-4-6-9-19(13(3)5-2)16(20)14-7-8-15-17-23(21,22)11-10-18(15)12-14/h7-8,12-13H,4-6,9-11H2,1-3H3. The van der Waals surface area contributed by atoms with Crippen LogP contribution in [0.25, 0.3) is 0 Å². The van der Waals surface area contributed by atoms with Gasteiger partial charge in [-0.3, -0.25) is 4.79 Å². The zero-order chi connectivity index (χ0) is 17.0. The zero-order valence-electron chi connectivity index (χ0n) is 14.0. The van der Waals surface area contributed by atoms with E-state index >= 15 is 0 Å². The van der Waals surface area contributed by atoms with E-state index in [-0.39, 0.29) is 17.7 Å². The summed E-state index contributed by atoms with van der Waals surface area (Å²) in [4.78, 5) is 16.5. The second-order valence-corrected chi connectivity index (χ2v) is 7.71. The van der Waals surface area contributed by atoms with Gasteiger partial charge in [-0.1, -0.05) is 20.3 Å². The Morgan fingerprint density at radius 1 is 1.39 bits per heavy atom. The number of nitrogens with zero attached hydrogens (tertiary/aromatic N) is 3. The SMILES string of the molecule is CCCCN(C(=O)C1=CN2CCS(=O)(=O)N=C2C=C1)C(C)CC. The molecule has 6 nitrogen and oxygen atoms in total. The fraction of sp³-hybridized carbons (Fsp3) is 0.625. The Hall–Kier alpha value is -1.63. The van der Waals surface area contributed by atoms with Crippen LogP contribution in [-0.2, 0) is 14.8 Å². The quantitative estimate of drug-likeness (QED) is 0.741. The van der Waals surface area contributed by atoms with Crippen LogP contribution in [0.2, 0.25) is 0 Å². The molecule has 0 bridgehead atoms. The number of carbonyl (C=O) groups is 1. The van der Waals surface area contributed by atoms with Gasteiger partial charge in [0, 0.05) is 25.3 Å². The van der Waals surface area contributed by atoms with Crippen molar-refractivity contribution in [3.8, 4) is 0 Å². The summed E-state index contributed by atoms with van der Waals surface area (Å²) in [7, 11) is -3.37. The van der Waals surface area contributed by atoms with Crippen molar-refractivity contribution < 1.29 is 13.2 Å². The van der Waals surface area contributed by atoms with Gasteiger partial charge >= 0.3 is 0 Å². The first-order chi connectivity index (χ1) is 10.9. The lowest BCUT2D eigenvalue weighted by atomic mass is 10.1. The van der Waals surface area contributed by atoms with E-state index in [2.05, 4.69) is 25.2 Å². The molecule has 0 aromatic rings. The Balaban J connectivity index is 2.20. The third kappa shape index (κ3) is 4.22. The number of carbonyl (C=O) groups excluding carboxylic acids is 1. The molecule has 0 N–H and O–H groups in total. The van der Waals surface area contributed by atoms with E-state index in [4.69, 9.17) is 0 Å². The highest BCUT2D eigenvalue weighted by molar-refractivity contribution is 7.90. The van der Waals surface area contributed by atoms with Crippen molar-refractivity contribution in [2.45, 2.75) is 46.1 Å². The van der Waals surface area contributed by atoms with Gasteiger partial charge in [0.15, 0.2) is 0 Å². The number of fused-ring (bicyclic) bond motifs is 1. The van der Waals surface area contributed by atoms with Crippen LogP contribution in [0, 0.1) is 0 Å². The molecule has 2 aliphatic heterocycles. The van der Waals surface area contributed by atoms with Gasteiger partial charge in [0.1, 0.15) is 5.84 Å². The van der Waals surface area contributed by atoms with E-state index in [9.17, 15) is 13.2 Å². The van der Waals surface area contributed by atoms with E-state index in [1.54, 1.807) is 23.3 Å². The molecule has 2 rings (SSSR count). The summed E-state index contributed by atoms with van der Waals surface area (Å²) >= 11 is 0. The van der Waals surface area contributed by atoms with Crippen molar-refractivity contribution in [3.63, 3.8) is 0 Å². The normalized spacial score (nSPS) is 20.4. The third-order valence-electron chi connectivity index (χ3n) is 4.21. The van der Waals surface area contributed by atoms with Crippen molar-refractivity contribution in [1.82, 2.24) is 9.80 Å². The Bertz CT molecular complexity index is 649. The highest BCUT2D eigenvalue weighted by Gasteiger charge is 2.27. The third-order valence-corrected chi connectivity index (χ3v) is 5.37. The monoisotopic (exact) mass is 339 g/mol. The molecule has 128 valence electrons. The summed E-state index contributed by atoms with van der Waals surface area (Å²) in [6, 6.07) is 0.181. The minimum atomic E-state index is -3.37. The van der Waals surface area contributed by atoms with E-state index in [0.717, 1.165) is 25.8 Å². The Morgan fingerprint density at radius 2 is 2.13 bits per heavy atom. The topological polar surface area (TPSA) is 70.1 Å². The van der Waals surface area contributed by atoms with E-state index < -0.39 is 10.0 Å². The highest BCUT2D eigenvalue weighted by Crippen LogP contribution is 2.19. The smallest absolute Gasteiger partial charge is 0.256 e. The molecule has 1 atom stereocenters. The van der Waals surface area contributed by atoms with Gasteiger partial charge in [-0.2, -0.15) is 0 Å². The van der Waals surface area contributed by atoms with Crippen LogP contribution in [0.3, 0.4) is 0 Å². The molecule has 1 amide bonds. The van der Waals surface area contributed by atoms with Gasteiger partial charge in [0.2, 0.25) is 0 Å². The lowest BCUT2D eigenvalue weighted by molar-refractivity contribution is -0.129. The molecule has 0 aromatic carbocycles. The second kappa shape index (κ2) is 7.29. The molecule has 23 heavy (non-hydrogen) atoms. The number of amides is 1. The molecule has 0 aromatic heterocycles. The van der Waals surface area contributed by atoms with Crippen molar-refractivity contribution >= 4 is 21.8 Å². The summed E-state index contributed by atoms with van der Waals surface area (Å²) in [5.41, 5.74) is 0.583. The van der Waals surface area contributed by atoms with Crippen molar-refractivity contribution in [2.24, 2.45) is 4.40 Å². The Kier molecular flexibility index (Phi) is 5.62. The van der Waals surface area contributed by atoms with Crippen LogP contribution < -0.4 is 0 Å². The van der Waals surface area contributed by atoms with Crippen molar-refractivity contribution in [1.29, 1.82) is 0 Å². The predicted octanol–water partition coefficient (Wildman–Crippen LogP) is 1.91. The number of sulfonamides is 1. The molecule has 0 fully saturated rings. The molecule has 2 heterocycles. The summed E-state index contributed by atoms with van der Waals surface area (Å²) in [5, 5.41) is 0. The molecule has 7 heteroatoms. The Labute approximate surface area is 138 Å². The van der Waals surface area contributed by atoms with Gasteiger partial charge < -0.3 is 9.80 Å². The summed E-state index contributed by atoms with van der Waals surface area (Å²) in [6.45, 7) is 7.31. The Morgan fingerprint density at radius 3 is 2.78 bits per heavy atom. The van der Waals surface area contributed by atoms with Gasteiger partial charge in [-0.05, 0) is 31.9 Å². The van der Waals surface area contributed by atoms with Crippen molar-refractivity contribution in [2.75, 3.05) is 18.8 Å². The van der Waals surface area contributed by atoms with Crippen LogP contribution in [0.15, 0.2) is 28.3 Å². The first-order valence-electron chi connectivity index (χ1n) is 8.18. The number of unbranched alkanes of at least 4 members (excludes halogenated alkanes) is 1. The molecule has 0 spiro atoms. The van der Waals surface area contributed by atoms with Gasteiger partial charge in [0.25, 0.3) is 15.9 Å². The average Bonchev–Trinajstić information content (AvgIpc) is 2.53. The molecular weight excluding hydrogens is 314 g/mol. The minimum absolute atomic E-state index is 0.00321. The molecule has 0 radical (unpaired) electrons.